The maximum Gasteiger partial charge on any atom is 0.0366 e. The predicted octanol–water partition coefficient (Wildman–Crippen LogP) is 4.18. The minimum atomic E-state index is 0.541. The minimum absolute atomic E-state index is 0.541. The lowest BCUT2D eigenvalue weighted by atomic mass is 9.73. The van der Waals surface area contributed by atoms with Gasteiger partial charge in [-0.1, -0.05) is 30.7 Å². The van der Waals surface area contributed by atoms with Crippen LogP contribution in [-0.4, -0.2) is 13.1 Å². The molecule has 1 aliphatic rings. The first-order valence-corrected chi connectivity index (χ1v) is 6.62. The Morgan fingerprint density at radius 2 is 1.94 bits per heavy atom. The van der Waals surface area contributed by atoms with Gasteiger partial charge in [-0.25, -0.2) is 0 Å². The molecule has 1 aromatic carbocycles. The number of benzene rings is 1. The normalized spacial score (nSPS) is 17.6. The Balaban J connectivity index is 1.96. The Kier molecular flexibility index (Phi) is 3.56. The fourth-order valence-corrected chi connectivity index (χ4v) is 2.67. The summed E-state index contributed by atoms with van der Waals surface area (Å²) >= 11 is 0. The van der Waals surface area contributed by atoms with Crippen molar-refractivity contribution in [2.45, 2.75) is 33.1 Å². The van der Waals surface area contributed by atoms with E-state index < -0.39 is 0 Å². The summed E-state index contributed by atoms with van der Waals surface area (Å²) in [5.41, 5.74) is 3.25. The number of hydrogen-bond donors (Lipinski definition) is 0. The molecule has 0 N–H and O–H groups in total. The van der Waals surface area contributed by atoms with E-state index in [0.717, 1.165) is 6.42 Å². The summed E-state index contributed by atoms with van der Waals surface area (Å²) in [6.45, 7) is 10.7. The molecule has 0 spiro atoms. The van der Waals surface area contributed by atoms with Crippen LogP contribution >= 0.6 is 0 Å². The molecular formula is C16H23N. The van der Waals surface area contributed by atoms with E-state index in [2.05, 4.69) is 49.6 Å². The monoisotopic (exact) mass is 229 g/mol. The Morgan fingerprint density at radius 3 is 2.47 bits per heavy atom. The standard InChI is InChI=1S/C16H23N/c1-4-6-11-16(5-2)12-17(13-16)15-9-7-14(3)8-10-15/h4,7-10H,1,5-6,11-13H2,2-3H3. The van der Waals surface area contributed by atoms with E-state index in [1.165, 1.54) is 37.2 Å². The molecule has 1 aromatic rings. The van der Waals surface area contributed by atoms with Crippen LogP contribution in [0.15, 0.2) is 36.9 Å². The van der Waals surface area contributed by atoms with E-state index in [1.807, 2.05) is 6.08 Å². The van der Waals surface area contributed by atoms with Gasteiger partial charge < -0.3 is 4.90 Å². The molecule has 1 saturated heterocycles. The van der Waals surface area contributed by atoms with E-state index in [4.69, 9.17) is 0 Å². The first-order chi connectivity index (χ1) is 8.19. The zero-order valence-corrected chi connectivity index (χ0v) is 11.1. The molecule has 0 atom stereocenters. The third-order valence-electron chi connectivity index (χ3n) is 4.08. The SMILES string of the molecule is C=CCCC1(CC)CN(c2ccc(C)cc2)C1. The van der Waals surface area contributed by atoms with E-state index >= 15 is 0 Å². The smallest absolute Gasteiger partial charge is 0.0366 e. The molecule has 1 heteroatoms. The van der Waals surface area contributed by atoms with Crippen LogP contribution in [0.2, 0.25) is 0 Å². The first-order valence-electron chi connectivity index (χ1n) is 6.62. The molecule has 0 aliphatic carbocycles. The van der Waals surface area contributed by atoms with E-state index in [-0.39, 0.29) is 0 Å². The van der Waals surface area contributed by atoms with Gasteiger partial charge in [0.15, 0.2) is 0 Å². The minimum Gasteiger partial charge on any atom is -0.370 e. The van der Waals surface area contributed by atoms with Crippen LogP contribution in [0.5, 0.6) is 0 Å². The van der Waals surface area contributed by atoms with Gasteiger partial charge in [-0.15, -0.1) is 6.58 Å². The number of hydrogen-bond acceptors (Lipinski definition) is 1. The van der Waals surface area contributed by atoms with Gasteiger partial charge in [-0.3, -0.25) is 0 Å². The number of rotatable bonds is 5. The molecule has 1 heterocycles. The summed E-state index contributed by atoms with van der Waals surface area (Å²) in [6, 6.07) is 8.88. The molecule has 0 amide bonds. The fourth-order valence-electron chi connectivity index (χ4n) is 2.67. The highest BCUT2D eigenvalue weighted by Crippen LogP contribution is 2.40. The highest BCUT2D eigenvalue weighted by Gasteiger charge is 2.40. The van der Waals surface area contributed by atoms with Crippen LogP contribution in [0.25, 0.3) is 0 Å². The van der Waals surface area contributed by atoms with E-state index in [0.29, 0.717) is 5.41 Å². The van der Waals surface area contributed by atoms with Crippen molar-refractivity contribution in [3.8, 4) is 0 Å². The van der Waals surface area contributed by atoms with Crippen LogP contribution in [0, 0.1) is 12.3 Å². The van der Waals surface area contributed by atoms with Crippen molar-refractivity contribution in [2.75, 3.05) is 18.0 Å². The van der Waals surface area contributed by atoms with Gasteiger partial charge in [0.2, 0.25) is 0 Å². The van der Waals surface area contributed by atoms with Crippen molar-refractivity contribution in [2.24, 2.45) is 5.41 Å². The number of nitrogens with zero attached hydrogens (tertiary/aromatic N) is 1. The van der Waals surface area contributed by atoms with Gasteiger partial charge in [-0.2, -0.15) is 0 Å². The van der Waals surface area contributed by atoms with Crippen molar-refractivity contribution < 1.29 is 0 Å². The lowest BCUT2D eigenvalue weighted by molar-refractivity contribution is 0.187. The number of allylic oxidation sites excluding steroid dienone is 1. The van der Waals surface area contributed by atoms with Gasteiger partial charge in [-0.05, 0) is 38.3 Å². The highest BCUT2D eigenvalue weighted by atomic mass is 15.2. The van der Waals surface area contributed by atoms with Crippen molar-refractivity contribution in [1.29, 1.82) is 0 Å². The van der Waals surface area contributed by atoms with E-state index in [9.17, 15) is 0 Å². The van der Waals surface area contributed by atoms with Crippen LogP contribution in [-0.2, 0) is 0 Å². The molecule has 17 heavy (non-hydrogen) atoms. The molecule has 0 aromatic heterocycles. The Bertz CT molecular complexity index is 371. The maximum absolute atomic E-state index is 3.83. The van der Waals surface area contributed by atoms with Crippen molar-refractivity contribution in [3.63, 3.8) is 0 Å². The molecule has 0 saturated carbocycles. The van der Waals surface area contributed by atoms with Gasteiger partial charge in [0.05, 0.1) is 0 Å². The van der Waals surface area contributed by atoms with Crippen LogP contribution in [0.4, 0.5) is 5.69 Å². The Labute approximate surface area is 105 Å². The lowest BCUT2D eigenvalue weighted by Crippen LogP contribution is -2.56. The van der Waals surface area contributed by atoms with Gasteiger partial charge >= 0.3 is 0 Å². The zero-order valence-electron chi connectivity index (χ0n) is 11.1. The van der Waals surface area contributed by atoms with Crippen molar-refractivity contribution in [1.82, 2.24) is 0 Å². The summed E-state index contributed by atoms with van der Waals surface area (Å²) < 4.78 is 0. The average molecular weight is 229 g/mol. The second-order valence-electron chi connectivity index (χ2n) is 5.37. The molecule has 0 radical (unpaired) electrons. The number of anilines is 1. The highest BCUT2D eigenvalue weighted by molar-refractivity contribution is 5.50. The molecule has 2 rings (SSSR count). The fraction of sp³-hybridized carbons (Fsp3) is 0.500. The first kappa shape index (κ1) is 12.2. The van der Waals surface area contributed by atoms with Gasteiger partial charge in [0.1, 0.15) is 0 Å². The second-order valence-corrected chi connectivity index (χ2v) is 5.37. The molecule has 1 nitrogen and oxygen atoms in total. The largest absolute Gasteiger partial charge is 0.370 e. The molecule has 0 unspecified atom stereocenters. The third-order valence-corrected chi connectivity index (χ3v) is 4.08. The number of aryl methyl sites for hydroxylation is 1. The van der Waals surface area contributed by atoms with Crippen LogP contribution in [0.3, 0.4) is 0 Å². The van der Waals surface area contributed by atoms with Crippen LogP contribution in [0.1, 0.15) is 31.7 Å². The molecular weight excluding hydrogens is 206 g/mol. The quantitative estimate of drug-likeness (QED) is 0.685. The average Bonchev–Trinajstić information content (AvgIpc) is 2.30. The molecule has 92 valence electrons. The Hall–Kier alpha value is -1.24. The molecule has 1 fully saturated rings. The Morgan fingerprint density at radius 1 is 1.29 bits per heavy atom. The summed E-state index contributed by atoms with van der Waals surface area (Å²) in [5.74, 6) is 0. The topological polar surface area (TPSA) is 3.24 Å². The molecule has 1 aliphatic heterocycles. The summed E-state index contributed by atoms with van der Waals surface area (Å²) in [4.78, 5) is 2.49. The van der Waals surface area contributed by atoms with Crippen LogP contribution < -0.4 is 4.90 Å². The second kappa shape index (κ2) is 4.95. The predicted molar refractivity (Wildman–Crippen MR) is 75.5 cm³/mol. The summed E-state index contributed by atoms with van der Waals surface area (Å²) in [5, 5.41) is 0. The van der Waals surface area contributed by atoms with Crippen molar-refractivity contribution in [3.05, 3.63) is 42.5 Å². The third kappa shape index (κ3) is 2.54. The zero-order chi connectivity index (χ0) is 12.3. The van der Waals surface area contributed by atoms with E-state index in [1.54, 1.807) is 0 Å². The van der Waals surface area contributed by atoms with Gasteiger partial charge in [0, 0.05) is 24.2 Å². The lowest BCUT2D eigenvalue weighted by Gasteiger charge is -2.51. The maximum atomic E-state index is 3.83. The van der Waals surface area contributed by atoms with Gasteiger partial charge in [0.25, 0.3) is 0 Å². The summed E-state index contributed by atoms with van der Waals surface area (Å²) in [6.07, 6.45) is 5.76. The summed E-state index contributed by atoms with van der Waals surface area (Å²) in [7, 11) is 0. The molecule has 0 bridgehead atoms. The van der Waals surface area contributed by atoms with Crippen molar-refractivity contribution >= 4 is 5.69 Å².